The predicted octanol–water partition coefficient (Wildman–Crippen LogP) is 4.13. The lowest BCUT2D eigenvalue weighted by Crippen LogP contribution is -2.37. The summed E-state index contributed by atoms with van der Waals surface area (Å²) in [6, 6.07) is 12.6. The van der Waals surface area contributed by atoms with E-state index in [0.29, 0.717) is 22.5 Å². The molecule has 1 amide bonds. The molecule has 0 spiro atoms. The summed E-state index contributed by atoms with van der Waals surface area (Å²) >= 11 is 6.02. The van der Waals surface area contributed by atoms with Crippen molar-refractivity contribution in [2.24, 2.45) is 0 Å². The number of aryl methyl sites for hydroxylation is 1. The van der Waals surface area contributed by atoms with Crippen LogP contribution in [0.25, 0.3) is 11.4 Å². The molecule has 152 valence electrons. The van der Waals surface area contributed by atoms with Crippen LogP contribution < -0.4 is 9.47 Å². The van der Waals surface area contributed by atoms with E-state index in [9.17, 15) is 4.79 Å². The maximum absolute atomic E-state index is 12.6. The minimum absolute atomic E-state index is 0.176. The van der Waals surface area contributed by atoms with Crippen LogP contribution in [0.15, 0.2) is 47.0 Å². The van der Waals surface area contributed by atoms with Crippen molar-refractivity contribution in [2.45, 2.75) is 26.5 Å². The fourth-order valence-electron chi connectivity index (χ4n) is 2.71. The number of aromatic nitrogens is 2. The molecule has 3 aromatic rings. The Morgan fingerprint density at radius 1 is 1.21 bits per heavy atom. The predicted molar refractivity (Wildman–Crippen MR) is 109 cm³/mol. The minimum Gasteiger partial charge on any atom is -0.497 e. The summed E-state index contributed by atoms with van der Waals surface area (Å²) < 4.78 is 16.2. The first-order valence-electron chi connectivity index (χ1n) is 9.02. The summed E-state index contributed by atoms with van der Waals surface area (Å²) in [5, 5.41) is 4.63. The van der Waals surface area contributed by atoms with Gasteiger partial charge in [0.15, 0.2) is 6.10 Å². The van der Waals surface area contributed by atoms with E-state index in [2.05, 4.69) is 10.1 Å². The van der Waals surface area contributed by atoms with Gasteiger partial charge in [-0.3, -0.25) is 4.79 Å². The van der Waals surface area contributed by atoms with Crippen molar-refractivity contribution in [3.63, 3.8) is 0 Å². The third-order valence-electron chi connectivity index (χ3n) is 4.35. The van der Waals surface area contributed by atoms with Gasteiger partial charge in [0.2, 0.25) is 11.7 Å². The topological polar surface area (TPSA) is 77.7 Å². The number of likely N-dealkylation sites (N-methyl/N-ethyl adjacent to an activating group) is 1. The first-order chi connectivity index (χ1) is 13.9. The molecule has 0 aliphatic rings. The van der Waals surface area contributed by atoms with Crippen molar-refractivity contribution in [1.29, 1.82) is 0 Å². The fraction of sp³-hybridized carbons (Fsp3) is 0.286. The fourth-order valence-corrected chi connectivity index (χ4v) is 2.83. The number of rotatable bonds is 7. The van der Waals surface area contributed by atoms with Crippen LogP contribution in [0.5, 0.6) is 11.5 Å². The molecular weight excluding hydrogens is 394 g/mol. The van der Waals surface area contributed by atoms with Gasteiger partial charge in [-0.15, -0.1) is 0 Å². The number of nitrogens with zero attached hydrogens (tertiary/aromatic N) is 3. The Morgan fingerprint density at radius 2 is 1.90 bits per heavy atom. The molecule has 0 bridgehead atoms. The van der Waals surface area contributed by atoms with Gasteiger partial charge in [0.1, 0.15) is 11.5 Å². The third kappa shape index (κ3) is 5.06. The number of halogens is 1. The van der Waals surface area contributed by atoms with Gasteiger partial charge >= 0.3 is 0 Å². The molecule has 0 aliphatic carbocycles. The second-order valence-corrected chi connectivity index (χ2v) is 7.01. The van der Waals surface area contributed by atoms with E-state index in [-0.39, 0.29) is 12.5 Å². The molecule has 0 radical (unpaired) electrons. The van der Waals surface area contributed by atoms with Gasteiger partial charge < -0.3 is 18.9 Å². The Labute approximate surface area is 174 Å². The van der Waals surface area contributed by atoms with Gasteiger partial charge in [0.05, 0.1) is 13.7 Å². The third-order valence-corrected chi connectivity index (χ3v) is 4.78. The molecule has 3 rings (SSSR count). The average molecular weight is 416 g/mol. The first-order valence-corrected chi connectivity index (χ1v) is 9.40. The normalized spacial score (nSPS) is 11.8. The van der Waals surface area contributed by atoms with Crippen molar-refractivity contribution >= 4 is 17.5 Å². The van der Waals surface area contributed by atoms with Crippen LogP contribution in [0, 0.1) is 6.92 Å². The lowest BCUT2D eigenvalue weighted by Gasteiger charge is -2.21. The minimum atomic E-state index is -0.676. The first kappa shape index (κ1) is 20.7. The lowest BCUT2D eigenvalue weighted by molar-refractivity contribution is -0.137. The largest absolute Gasteiger partial charge is 0.497 e. The van der Waals surface area contributed by atoms with Crippen LogP contribution in [0.1, 0.15) is 18.4 Å². The van der Waals surface area contributed by atoms with Crippen LogP contribution >= 0.6 is 11.6 Å². The zero-order valence-electron chi connectivity index (χ0n) is 16.7. The van der Waals surface area contributed by atoms with Crippen molar-refractivity contribution < 1.29 is 18.8 Å². The van der Waals surface area contributed by atoms with Crippen LogP contribution in [0.4, 0.5) is 0 Å². The molecule has 0 saturated heterocycles. The summed E-state index contributed by atoms with van der Waals surface area (Å²) in [6.45, 7) is 3.75. The maximum Gasteiger partial charge on any atom is 0.263 e. The van der Waals surface area contributed by atoms with Crippen LogP contribution in [0.2, 0.25) is 5.02 Å². The van der Waals surface area contributed by atoms with E-state index >= 15 is 0 Å². The summed E-state index contributed by atoms with van der Waals surface area (Å²) in [6.07, 6.45) is -0.676. The number of ether oxygens (including phenoxy) is 2. The second kappa shape index (κ2) is 8.96. The Bertz CT molecular complexity index is 988. The number of carbonyl (C=O) groups excluding carboxylic acids is 1. The molecule has 8 heteroatoms. The van der Waals surface area contributed by atoms with Crippen molar-refractivity contribution in [3.05, 3.63) is 58.9 Å². The molecule has 1 aromatic heterocycles. The number of hydrogen-bond donors (Lipinski definition) is 0. The molecule has 0 N–H and O–H groups in total. The van der Waals surface area contributed by atoms with Gasteiger partial charge in [-0.05, 0) is 61.9 Å². The molecular formula is C21H22ClN3O4. The smallest absolute Gasteiger partial charge is 0.263 e. The highest BCUT2D eigenvalue weighted by Gasteiger charge is 2.21. The van der Waals surface area contributed by atoms with Gasteiger partial charge in [0.25, 0.3) is 5.91 Å². The number of amides is 1. The quantitative estimate of drug-likeness (QED) is 0.577. The van der Waals surface area contributed by atoms with Crippen LogP contribution in [0.3, 0.4) is 0 Å². The van der Waals surface area contributed by atoms with Gasteiger partial charge in [-0.1, -0.05) is 16.8 Å². The monoisotopic (exact) mass is 415 g/mol. The highest BCUT2D eigenvalue weighted by molar-refractivity contribution is 6.31. The Hall–Kier alpha value is -3.06. The highest BCUT2D eigenvalue weighted by atomic mass is 35.5. The molecule has 0 fully saturated rings. The van der Waals surface area contributed by atoms with Crippen LogP contribution in [-0.4, -0.2) is 41.2 Å². The molecule has 1 heterocycles. The van der Waals surface area contributed by atoms with E-state index in [4.69, 9.17) is 25.6 Å². The van der Waals surface area contributed by atoms with Gasteiger partial charge in [-0.25, -0.2) is 0 Å². The van der Waals surface area contributed by atoms with Crippen LogP contribution in [-0.2, 0) is 11.3 Å². The molecule has 1 atom stereocenters. The van der Waals surface area contributed by atoms with Crippen molar-refractivity contribution in [3.8, 4) is 22.9 Å². The maximum atomic E-state index is 12.6. The Kier molecular flexibility index (Phi) is 6.39. The summed E-state index contributed by atoms with van der Waals surface area (Å²) in [4.78, 5) is 18.5. The van der Waals surface area contributed by atoms with E-state index in [1.165, 1.54) is 4.90 Å². The molecule has 1 unspecified atom stereocenters. The van der Waals surface area contributed by atoms with E-state index in [0.717, 1.165) is 16.9 Å². The number of methoxy groups -OCH3 is 1. The molecule has 0 aliphatic heterocycles. The zero-order chi connectivity index (χ0) is 21.0. The molecule has 7 nitrogen and oxygen atoms in total. The number of hydrogen-bond acceptors (Lipinski definition) is 6. The second-order valence-electron chi connectivity index (χ2n) is 6.61. The number of carbonyl (C=O) groups is 1. The standard InChI is InChI=1S/C21H22ClN3O4/c1-13-11-17(9-10-18(13)22)28-14(2)21(26)25(3)12-19-23-20(24-29-19)15-5-7-16(27-4)8-6-15/h5-11,14H,12H2,1-4H3. The molecule has 29 heavy (non-hydrogen) atoms. The molecule has 0 saturated carbocycles. The Balaban J connectivity index is 1.61. The summed E-state index contributed by atoms with van der Waals surface area (Å²) in [5.74, 6) is 1.90. The van der Waals surface area contributed by atoms with E-state index in [1.807, 2.05) is 31.2 Å². The summed E-state index contributed by atoms with van der Waals surface area (Å²) in [5.41, 5.74) is 1.68. The van der Waals surface area contributed by atoms with E-state index < -0.39 is 6.10 Å². The van der Waals surface area contributed by atoms with E-state index in [1.54, 1.807) is 39.3 Å². The average Bonchev–Trinajstić information content (AvgIpc) is 3.18. The zero-order valence-corrected chi connectivity index (χ0v) is 17.4. The van der Waals surface area contributed by atoms with Crippen molar-refractivity contribution in [2.75, 3.05) is 14.2 Å². The highest BCUT2D eigenvalue weighted by Crippen LogP contribution is 2.23. The lowest BCUT2D eigenvalue weighted by atomic mass is 10.2. The van der Waals surface area contributed by atoms with Gasteiger partial charge in [0, 0.05) is 17.6 Å². The van der Waals surface area contributed by atoms with Gasteiger partial charge in [-0.2, -0.15) is 4.98 Å². The molecule has 2 aromatic carbocycles. The van der Waals surface area contributed by atoms with Crippen molar-refractivity contribution in [1.82, 2.24) is 15.0 Å². The Morgan fingerprint density at radius 3 is 2.55 bits per heavy atom. The number of benzene rings is 2. The summed E-state index contributed by atoms with van der Waals surface area (Å²) in [7, 11) is 3.26. The SMILES string of the molecule is COc1ccc(-c2noc(CN(C)C(=O)C(C)Oc3ccc(Cl)c(C)c3)n2)cc1.